The van der Waals surface area contributed by atoms with Crippen molar-refractivity contribution in [1.29, 1.82) is 5.26 Å². The smallest absolute Gasteiger partial charge is 0.281 e. The fraction of sp³-hybridized carbons (Fsp3) is 0.429. The third-order valence-electron chi connectivity index (χ3n) is 4.61. The highest BCUT2D eigenvalue weighted by Gasteiger charge is 2.19. The summed E-state index contributed by atoms with van der Waals surface area (Å²) in [5, 5.41) is 28.1. The first-order valence-electron chi connectivity index (χ1n) is 9.26. The van der Waals surface area contributed by atoms with E-state index in [4.69, 9.17) is 0 Å². The maximum Gasteiger partial charge on any atom is 0.281 e. The van der Waals surface area contributed by atoms with Gasteiger partial charge in [0.25, 0.3) is 5.56 Å². The standard InChI is InChI=1S/C21H26N4O2/c1-5-6-7-8-11-25-20(26)17(13-22)16(4)19(21(25)27)24-23-18-10-9-14(2)12-15(18)3/h9-10,12,26H,5-8,11H2,1-4H3. The zero-order valence-electron chi connectivity index (χ0n) is 16.4. The first-order valence-corrected chi connectivity index (χ1v) is 9.26. The number of aromatic nitrogens is 1. The summed E-state index contributed by atoms with van der Waals surface area (Å²) in [6.45, 7) is 7.99. The van der Waals surface area contributed by atoms with Crippen molar-refractivity contribution in [3.63, 3.8) is 0 Å². The van der Waals surface area contributed by atoms with E-state index in [0.717, 1.165) is 36.8 Å². The molecule has 0 saturated carbocycles. The highest BCUT2D eigenvalue weighted by Crippen LogP contribution is 2.28. The van der Waals surface area contributed by atoms with Crippen LogP contribution in [0.4, 0.5) is 11.4 Å². The van der Waals surface area contributed by atoms with Gasteiger partial charge in [0.05, 0.1) is 5.69 Å². The Balaban J connectivity index is 2.47. The Morgan fingerprint density at radius 1 is 1.15 bits per heavy atom. The summed E-state index contributed by atoms with van der Waals surface area (Å²) in [6.07, 6.45) is 3.85. The average Bonchev–Trinajstić information content (AvgIpc) is 2.63. The van der Waals surface area contributed by atoms with Crippen LogP contribution in [0.15, 0.2) is 33.2 Å². The summed E-state index contributed by atoms with van der Waals surface area (Å²) in [6, 6.07) is 7.74. The van der Waals surface area contributed by atoms with Gasteiger partial charge in [-0.25, -0.2) is 0 Å². The van der Waals surface area contributed by atoms with Gasteiger partial charge in [-0.2, -0.15) is 10.4 Å². The van der Waals surface area contributed by atoms with Gasteiger partial charge in [0.1, 0.15) is 11.6 Å². The first kappa shape index (κ1) is 20.4. The normalized spacial score (nSPS) is 11.1. The second-order valence-electron chi connectivity index (χ2n) is 6.79. The number of rotatable bonds is 7. The van der Waals surface area contributed by atoms with Gasteiger partial charge in [-0.15, -0.1) is 5.11 Å². The van der Waals surface area contributed by atoms with E-state index in [1.54, 1.807) is 6.92 Å². The SMILES string of the molecule is CCCCCCn1c(O)c(C#N)c(C)c(N=Nc2ccc(C)cc2C)c1=O. The lowest BCUT2D eigenvalue weighted by atomic mass is 10.1. The van der Waals surface area contributed by atoms with Gasteiger partial charge in [0.15, 0.2) is 5.69 Å². The Kier molecular flexibility index (Phi) is 6.89. The lowest BCUT2D eigenvalue weighted by molar-refractivity contribution is 0.397. The topological polar surface area (TPSA) is 90.7 Å². The van der Waals surface area contributed by atoms with Crippen LogP contribution >= 0.6 is 0 Å². The number of benzene rings is 1. The van der Waals surface area contributed by atoms with E-state index >= 15 is 0 Å². The van der Waals surface area contributed by atoms with E-state index in [-0.39, 0.29) is 17.1 Å². The average molecular weight is 366 g/mol. The molecule has 6 heteroatoms. The van der Waals surface area contributed by atoms with Gasteiger partial charge in [0.2, 0.25) is 5.88 Å². The summed E-state index contributed by atoms with van der Waals surface area (Å²) in [5.74, 6) is -0.290. The molecule has 0 aliphatic rings. The lowest BCUT2D eigenvalue weighted by Gasteiger charge is -2.13. The second kappa shape index (κ2) is 9.13. The minimum absolute atomic E-state index is 0.0691. The fourth-order valence-corrected chi connectivity index (χ4v) is 2.98. The predicted molar refractivity (Wildman–Crippen MR) is 106 cm³/mol. The van der Waals surface area contributed by atoms with E-state index in [1.165, 1.54) is 4.57 Å². The van der Waals surface area contributed by atoms with Gasteiger partial charge >= 0.3 is 0 Å². The molecule has 1 aromatic heterocycles. The first-order chi connectivity index (χ1) is 12.9. The van der Waals surface area contributed by atoms with Gasteiger partial charge in [-0.05, 0) is 38.8 Å². The van der Waals surface area contributed by atoms with Gasteiger partial charge in [-0.3, -0.25) is 9.36 Å². The monoisotopic (exact) mass is 366 g/mol. The summed E-state index contributed by atoms with van der Waals surface area (Å²) in [7, 11) is 0. The van der Waals surface area contributed by atoms with Crippen molar-refractivity contribution >= 4 is 11.4 Å². The van der Waals surface area contributed by atoms with E-state index in [0.29, 0.717) is 17.8 Å². The van der Waals surface area contributed by atoms with Crippen molar-refractivity contribution in [3.05, 3.63) is 50.8 Å². The Hall–Kier alpha value is -2.94. The van der Waals surface area contributed by atoms with Crippen LogP contribution in [0, 0.1) is 32.1 Å². The fourth-order valence-electron chi connectivity index (χ4n) is 2.98. The quantitative estimate of drug-likeness (QED) is 0.529. The van der Waals surface area contributed by atoms with Crippen molar-refractivity contribution in [3.8, 4) is 11.9 Å². The number of nitrogens with zero attached hydrogens (tertiary/aromatic N) is 4. The molecule has 2 aromatic rings. The Bertz CT molecular complexity index is 952. The van der Waals surface area contributed by atoms with Crippen LogP contribution in [0.5, 0.6) is 5.88 Å². The number of unbranched alkanes of at least 4 members (excludes halogenated alkanes) is 3. The molecule has 0 spiro atoms. The third-order valence-corrected chi connectivity index (χ3v) is 4.61. The molecule has 27 heavy (non-hydrogen) atoms. The molecule has 0 amide bonds. The molecular weight excluding hydrogens is 340 g/mol. The lowest BCUT2D eigenvalue weighted by Crippen LogP contribution is -2.22. The Morgan fingerprint density at radius 3 is 2.52 bits per heavy atom. The molecule has 0 saturated heterocycles. The number of hydrogen-bond donors (Lipinski definition) is 1. The summed E-state index contributed by atoms with van der Waals surface area (Å²) in [5.41, 5.74) is 2.83. The predicted octanol–water partition coefficient (Wildman–Crippen LogP) is 5.35. The van der Waals surface area contributed by atoms with Crippen LogP contribution in [-0.4, -0.2) is 9.67 Å². The van der Waals surface area contributed by atoms with Crippen molar-refractivity contribution in [2.75, 3.05) is 0 Å². The molecule has 0 bridgehead atoms. The maximum atomic E-state index is 12.8. The molecule has 0 atom stereocenters. The maximum absolute atomic E-state index is 12.8. The number of pyridine rings is 1. The number of aromatic hydroxyl groups is 1. The molecule has 6 nitrogen and oxygen atoms in total. The highest BCUT2D eigenvalue weighted by molar-refractivity contribution is 5.57. The molecule has 2 rings (SSSR count). The number of nitriles is 1. The van der Waals surface area contributed by atoms with Crippen molar-refractivity contribution in [2.24, 2.45) is 10.2 Å². The van der Waals surface area contributed by atoms with E-state index in [1.807, 2.05) is 38.1 Å². The molecule has 142 valence electrons. The summed E-state index contributed by atoms with van der Waals surface area (Å²) >= 11 is 0. The minimum Gasteiger partial charge on any atom is -0.493 e. The Labute approximate surface area is 159 Å². The zero-order chi connectivity index (χ0) is 20.0. The molecule has 0 unspecified atom stereocenters. The van der Waals surface area contributed by atoms with Crippen molar-refractivity contribution in [2.45, 2.75) is 59.9 Å². The largest absolute Gasteiger partial charge is 0.493 e. The molecular formula is C21H26N4O2. The van der Waals surface area contributed by atoms with Crippen LogP contribution in [0.2, 0.25) is 0 Å². The van der Waals surface area contributed by atoms with Crippen LogP contribution in [0.25, 0.3) is 0 Å². The Morgan fingerprint density at radius 2 is 1.89 bits per heavy atom. The molecule has 0 fully saturated rings. The van der Waals surface area contributed by atoms with Gasteiger partial charge in [-0.1, -0.05) is 43.9 Å². The zero-order valence-corrected chi connectivity index (χ0v) is 16.4. The third kappa shape index (κ3) is 4.62. The van der Waals surface area contributed by atoms with Crippen molar-refractivity contribution < 1.29 is 5.11 Å². The summed E-state index contributed by atoms with van der Waals surface area (Å²) < 4.78 is 1.23. The molecule has 0 radical (unpaired) electrons. The second-order valence-corrected chi connectivity index (χ2v) is 6.79. The number of azo groups is 1. The molecule has 1 aromatic carbocycles. The molecule has 0 aliphatic carbocycles. The highest BCUT2D eigenvalue weighted by atomic mass is 16.3. The molecule has 1 N–H and O–H groups in total. The van der Waals surface area contributed by atoms with Crippen LogP contribution in [0.1, 0.15) is 54.9 Å². The van der Waals surface area contributed by atoms with Crippen LogP contribution in [0.3, 0.4) is 0 Å². The number of hydrogen-bond acceptors (Lipinski definition) is 5. The van der Waals surface area contributed by atoms with E-state index in [9.17, 15) is 15.2 Å². The number of aryl methyl sites for hydroxylation is 2. The molecule has 0 aliphatic heterocycles. The van der Waals surface area contributed by atoms with Crippen LogP contribution in [-0.2, 0) is 6.54 Å². The van der Waals surface area contributed by atoms with Gasteiger partial charge < -0.3 is 5.11 Å². The molecule has 1 heterocycles. The minimum atomic E-state index is -0.422. The summed E-state index contributed by atoms with van der Waals surface area (Å²) in [4.78, 5) is 12.8. The van der Waals surface area contributed by atoms with Crippen molar-refractivity contribution in [1.82, 2.24) is 4.57 Å². The van der Waals surface area contributed by atoms with E-state index < -0.39 is 5.56 Å². The van der Waals surface area contributed by atoms with E-state index in [2.05, 4.69) is 17.2 Å². The van der Waals surface area contributed by atoms with Gasteiger partial charge in [0, 0.05) is 12.1 Å². The van der Waals surface area contributed by atoms with Crippen LogP contribution < -0.4 is 5.56 Å².